The first-order chi connectivity index (χ1) is 13.5. The standard InChI is InChI=1S/C22H22BrNO4/c1-27-19-9-7-15(13-18(19)23)8-10-20(25)24-12-4-11-22(14-24)17-6-3-2-5-16(17)21(26)28-22/h2-3,5-7,9,13H,4,8,10-12,14H2,1H3/t22-/m0/s1. The maximum atomic E-state index is 12.9. The molecule has 1 amide bonds. The van der Waals surface area contributed by atoms with Crippen LogP contribution in [0.4, 0.5) is 0 Å². The van der Waals surface area contributed by atoms with Gasteiger partial charge >= 0.3 is 5.97 Å². The Bertz CT molecular complexity index is 929. The number of fused-ring (bicyclic) bond motifs is 2. The number of hydrogen-bond acceptors (Lipinski definition) is 4. The van der Waals surface area contributed by atoms with E-state index in [1.807, 2.05) is 41.3 Å². The maximum Gasteiger partial charge on any atom is 0.339 e. The van der Waals surface area contributed by atoms with Gasteiger partial charge in [-0.2, -0.15) is 0 Å². The summed E-state index contributed by atoms with van der Waals surface area (Å²) in [4.78, 5) is 27.0. The molecule has 2 aliphatic rings. The number of carbonyl (C=O) groups excluding carboxylic acids is 2. The molecule has 1 spiro atoms. The number of methoxy groups -OCH3 is 1. The van der Waals surface area contributed by atoms with E-state index in [1.165, 1.54) is 0 Å². The predicted molar refractivity (Wildman–Crippen MR) is 108 cm³/mol. The van der Waals surface area contributed by atoms with Crippen LogP contribution in [0, 0.1) is 0 Å². The molecule has 2 aliphatic heterocycles. The molecule has 6 heteroatoms. The van der Waals surface area contributed by atoms with Crippen molar-refractivity contribution in [3.05, 3.63) is 63.6 Å². The van der Waals surface area contributed by atoms with Gasteiger partial charge in [-0.25, -0.2) is 4.79 Å². The minimum absolute atomic E-state index is 0.0893. The Morgan fingerprint density at radius 3 is 2.89 bits per heavy atom. The highest BCUT2D eigenvalue weighted by Crippen LogP contribution is 2.42. The molecule has 4 rings (SSSR count). The molecule has 1 atom stereocenters. The Hall–Kier alpha value is -2.34. The lowest BCUT2D eigenvalue weighted by Gasteiger charge is -2.39. The molecule has 0 radical (unpaired) electrons. The zero-order valence-electron chi connectivity index (χ0n) is 15.7. The van der Waals surface area contributed by atoms with Gasteiger partial charge in [0.1, 0.15) is 5.75 Å². The van der Waals surface area contributed by atoms with Gasteiger partial charge in [-0.3, -0.25) is 4.79 Å². The molecule has 0 bridgehead atoms. The Labute approximate surface area is 172 Å². The number of nitrogens with zero attached hydrogens (tertiary/aromatic N) is 1. The molecule has 0 aromatic heterocycles. The van der Waals surface area contributed by atoms with E-state index < -0.39 is 5.60 Å². The number of halogens is 1. The van der Waals surface area contributed by atoms with Crippen molar-refractivity contribution in [2.24, 2.45) is 0 Å². The van der Waals surface area contributed by atoms with Gasteiger partial charge < -0.3 is 14.4 Å². The third kappa shape index (κ3) is 3.41. The Kier molecular flexibility index (Phi) is 5.15. The SMILES string of the molecule is COc1ccc(CCC(=O)N2CCC[C@@]3(C2)OC(=O)c2ccccc23)cc1Br. The van der Waals surface area contributed by atoms with Gasteiger partial charge in [0.25, 0.3) is 0 Å². The molecule has 5 nitrogen and oxygen atoms in total. The van der Waals surface area contributed by atoms with E-state index in [-0.39, 0.29) is 11.9 Å². The summed E-state index contributed by atoms with van der Waals surface area (Å²) in [6.07, 6.45) is 2.65. The number of esters is 1. The quantitative estimate of drug-likeness (QED) is 0.667. The van der Waals surface area contributed by atoms with Gasteiger partial charge in [0.15, 0.2) is 5.60 Å². The highest BCUT2D eigenvalue weighted by atomic mass is 79.9. The number of carbonyl (C=O) groups is 2. The summed E-state index contributed by atoms with van der Waals surface area (Å²) in [5, 5.41) is 0. The first kappa shape index (κ1) is 19.0. The summed E-state index contributed by atoms with van der Waals surface area (Å²) in [7, 11) is 1.63. The summed E-state index contributed by atoms with van der Waals surface area (Å²) in [6, 6.07) is 13.4. The third-order valence-electron chi connectivity index (χ3n) is 5.58. The lowest BCUT2D eigenvalue weighted by molar-refractivity contribution is -0.138. The maximum absolute atomic E-state index is 12.9. The Morgan fingerprint density at radius 1 is 1.29 bits per heavy atom. The van der Waals surface area contributed by atoms with E-state index >= 15 is 0 Å². The zero-order chi connectivity index (χ0) is 19.7. The fraction of sp³-hybridized carbons (Fsp3) is 0.364. The molecule has 0 saturated carbocycles. The first-order valence-electron chi connectivity index (χ1n) is 9.45. The number of aryl methyl sites for hydroxylation is 1. The molecule has 2 aromatic rings. The molecule has 2 aromatic carbocycles. The van der Waals surface area contributed by atoms with Crippen molar-refractivity contribution >= 4 is 27.8 Å². The predicted octanol–water partition coefficient (Wildman–Crippen LogP) is 4.08. The van der Waals surface area contributed by atoms with E-state index in [4.69, 9.17) is 9.47 Å². The molecule has 1 fully saturated rings. The number of rotatable bonds is 4. The van der Waals surface area contributed by atoms with Gasteiger partial charge in [-0.15, -0.1) is 0 Å². The topological polar surface area (TPSA) is 55.8 Å². The molecule has 0 N–H and O–H groups in total. The van der Waals surface area contributed by atoms with Crippen LogP contribution in [-0.2, 0) is 21.6 Å². The van der Waals surface area contributed by atoms with Crippen LogP contribution in [0.1, 0.15) is 40.7 Å². The van der Waals surface area contributed by atoms with Gasteiger partial charge in [0.2, 0.25) is 5.91 Å². The van der Waals surface area contributed by atoms with Crippen LogP contribution in [0.2, 0.25) is 0 Å². The number of benzene rings is 2. The van der Waals surface area contributed by atoms with E-state index in [2.05, 4.69) is 15.9 Å². The summed E-state index contributed by atoms with van der Waals surface area (Å²) < 4.78 is 11.9. The second-order valence-electron chi connectivity index (χ2n) is 7.32. The van der Waals surface area contributed by atoms with Gasteiger partial charge in [-0.05, 0) is 59.0 Å². The van der Waals surface area contributed by atoms with Gasteiger partial charge in [0, 0.05) is 18.5 Å². The van der Waals surface area contributed by atoms with Crippen LogP contribution in [0.25, 0.3) is 0 Å². The van der Waals surface area contributed by atoms with Crippen molar-refractivity contribution in [3.8, 4) is 5.75 Å². The van der Waals surface area contributed by atoms with E-state index in [9.17, 15) is 9.59 Å². The summed E-state index contributed by atoms with van der Waals surface area (Å²) in [6.45, 7) is 1.13. The number of ether oxygens (including phenoxy) is 2. The summed E-state index contributed by atoms with van der Waals surface area (Å²) >= 11 is 3.48. The van der Waals surface area contributed by atoms with Gasteiger partial charge in [0.05, 0.1) is 23.7 Å². The second kappa shape index (κ2) is 7.59. The zero-order valence-corrected chi connectivity index (χ0v) is 17.3. The molecular formula is C22H22BrNO4. The summed E-state index contributed by atoms with van der Waals surface area (Å²) in [5.41, 5.74) is 1.92. The summed E-state index contributed by atoms with van der Waals surface area (Å²) in [5.74, 6) is 0.578. The highest BCUT2D eigenvalue weighted by molar-refractivity contribution is 9.10. The normalized spacial score (nSPS) is 20.8. The van der Waals surface area contributed by atoms with Crippen molar-refractivity contribution in [2.45, 2.75) is 31.3 Å². The largest absolute Gasteiger partial charge is 0.496 e. The Balaban J connectivity index is 1.45. The fourth-order valence-corrected chi connectivity index (χ4v) is 4.75. The van der Waals surface area contributed by atoms with Crippen LogP contribution in [0.15, 0.2) is 46.9 Å². The monoisotopic (exact) mass is 443 g/mol. The van der Waals surface area contributed by atoms with Crippen molar-refractivity contribution in [3.63, 3.8) is 0 Å². The fourth-order valence-electron chi connectivity index (χ4n) is 4.16. The average molecular weight is 444 g/mol. The molecular weight excluding hydrogens is 422 g/mol. The van der Waals surface area contributed by atoms with Crippen molar-refractivity contribution in [1.29, 1.82) is 0 Å². The number of piperidine rings is 1. The van der Waals surface area contributed by atoms with E-state index in [1.54, 1.807) is 13.2 Å². The lowest BCUT2D eigenvalue weighted by atomic mass is 9.85. The van der Waals surface area contributed by atoms with Crippen LogP contribution in [-0.4, -0.2) is 37.0 Å². The molecule has 28 heavy (non-hydrogen) atoms. The van der Waals surface area contributed by atoms with Crippen LogP contribution in [0.5, 0.6) is 5.75 Å². The minimum Gasteiger partial charge on any atom is -0.496 e. The smallest absolute Gasteiger partial charge is 0.339 e. The van der Waals surface area contributed by atoms with Gasteiger partial charge in [-0.1, -0.05) is 24.3 Å². The molecule has 2 heterocycles. The first-order valence-corrected chi connectivity index (χ1v) is 10.2. The van der Waals surface area contributed by atoms with Crippen LogP contribution >= 0.6 is 15.9 Å². The Morgan fingerprint density at radius 2 is 2.11 bits per heavy atom. The van der Waals surface area contributed by atoms with Crippen molar-refractivity contribution in [1.82, 2.24) is 4.90 Å². The minimum atomic E-state index is -0.690. The highest BCUT2D eigenvalue weighted by Gasteiger charge is 2.48. The third-order valence-corrected chi connectivity index (χ3v) is 6.20. The van der Waals surface area contributed by atoms with E-state index in [0.29, 0.717) is 31.5 Å². The molecule has 0 unspecified atom stereocenters. The van der Waals surface area contributed by atoms with Crippen molar-refractivity contribution < 1.29 is 19.1 Å². The molecule has 1 saturated heterocycles. The molecule has 146 valence electrons. The number of amides is 1. The molecule has 0 aliphatic carbocycles. The van der Waals surface area contributed by atoms with Crippen molar-refractivity contribution in [2.75, 3.05) is 20.2 Å². The number of hydrogen-bond donors (Lipinski definition) is 0. The lowest BCUT2D eigenvalue weighted by Crippen LogP contribution is -2.48. The average Bonchev–Trinajstić information content (AvgIpc) is 2.98. The second-order valence-corrected chi connectivity index (χ2v) is 8.17. The van der Waals surface area contributed by atoms with Crippen LogP contribution < -0.4 is 4.74 Å². The van der Waals surface area contributed by atoms with E-state index in [0.717, 1.165) is 34.2 Å². The van der Waals surface area contributed by atoms with Crippen LogP contribution in [0.3, 0.4) is 0 Å². The number of likely N-dealkylation sites (tertiary alicyclic amines) is 1.